The lowest BCUT2D eigenvalue weighted by atomic mass is 10.0. The summed E-state index contributed by atoms with van der Waals surface area (Å²) in [5.41, 5.74) is 6.21. The molecular weight excluding hydrogens is 275 g/mol. The van der Waals surface area contributed by atoms with E-state index in [1.165, 1.54) is 10.9 Å². The molecule has 0 aliphatic heterocycles. The summed E-state index contributed by atoms with van der Waals surface area (Å²) in [5.74, 6) is 0.642. The highest BCUT2D eigenvalue weighted by atomic mass is 31.3. The van der Waals surface area contributed by atoms with Crippen molar-refractivity contribution in [3.63, 3.8) is 0 Å². The van der Waals surface area contributed by atoms with Gasteiger partial charge in [0.2, 0.25) is 0 Å². The fourth-order valence-electron chi connectivity index (χ4n) is 3.35. The fraction of sp³-hybridized carbons (Fsp3) is 0.444. The molecule has 2 rings (SSSR count). The topological polar surface area (TPSA) is 0 Å². The van der Waals surface area contributed by atoms with Gasteiger partial charge in [0.05, 0.1) is 0 Å². The highest BCUT2D eigenvalue weighted by molar-refractivity contribution is 7.88. The molecule has 2 heteroatoms. The van der Waals surface area contributed by atoms with Gasteiger partial charge in [-0.1, -0.05) is 79.5 Å². The summed E-state index contributed by atoms with van der Waals surface area (Å²) >= 11 is 0. The smallest absolute Gasteiger partial charge is 0.00201 e. The maximum atomic E-state index is 2.52. The molecule has 1 aliphatic rings. The van der Waals surface area contributed by atoms with Crippen LogP contribution < -0.4 is 5.30 Å². The maximum absolute atomic E-state index is 2.52. The van der Waals surface area contributed by atoms with Gasteiger partial charge < -0.3 is 8.13 Å². The van der Waals surface area contributed by atoms with E-state index in [0.717, 1.165) is 0 Å². The van der Waals surface area contributed by atoms with Crippen LogP contribution in [-0.2, 0) is 0 Å². The number of hydrogen-bond acceptors (Lipinski definition) is 0. The first-order chi connectivity index (χ1) is 9.25. The van der Waals surface area contributed by atoms with Gasteiger partial charge in [0.25, 0.3) is 0 Å². The van der Waals surface area contributed by atoms with Crippen LogP contribution in [0.4, 0.5) is 0 Å². The average molecular weight is 301 g/mol. The van der Waals surface area contributed by atoms with E-state index in [-0.39, 0.29) is 0 Å². The van der Waals surface area contributed by atoms with Crippen LogP contribution >= 0.6 is 8.13 Å². The first-order valence-electron chi connectivity index (χ1n) is 7.43. The molecule has 1 aromatic carbocycles. The molecule has 0 aromatic heterocycles. The van der Waals surface area contributed by atoms with Crippen LogP contribution in [0.15, 0.2) is 46.2 Å². The second-order valence-corrected chi connectivity index (χ2v) is 14.9. The molecule has 0 bridgehead atoms. The quantitative estimate of drug-likeness (QED) is 0.502. The molecule has 0 fully saturated rings. The Morgan fingerprint density at radius 2 is 1.55 bits per heavy atom. The van der Waals surface area contributed by atoms with E-state index >= 15 is 0 Å². The largest absolute Gasteiger partial charge is 0.502 e. The van der Waals surface area contributed by atoms with Gasteiger partial charge in [0.1, 0.15) is 0 Å². The Labute approximate surface area is 127 Å². The van der Waals surface area contributed by atoms with Gasteiger partial charge in [-0.25, -0.2) is 5.30 Å². The Hall–Kier alpha value is -0.653. The molecule has 0 radical (unpaired) electrons. The Morgan fingerprint density at radius 1 is 0.950 bits per heavy atom. The van der Waals surface area contributed by atoms with Crippen molar-refractivity contribution in [1.29, 1.82) is 0 Å². The van der Waals surface area contributed by atoms with E-state index in [4.69, 9.17) is 0 Å². The van der Waals surface area contributed by atoms with Crippen molar-refractivity contribution in [2.24, 2.45) is 5.92 Å². The molecule has 1 unspecified atom stereocenters. The highest BCUT2D eigenvalue weighted by Crippen LogP contribution is 2.46. The van der Waals surface area contributed by atoms with Gasteiger partial charge in [-0.05, 0) is 33.6 Å². The van der Waals surface area contributed by atoms with Gasteiger partial charge in [-0.15, -0.1) is 0 Å². The lowest BCUT2D eigenvalue weighted by molar-refractivity contribution is 0.816. The molecule has 1 atom stereocenters. The van der Waals surface area contributed by atoms with E-state index in [2.05, 4.69) is 72.0 Å². The molecule has 0 saturated carbocycles. The number of rotatable bonds is 3. The van der Waals surface area contributed by atoms with E-state index in [1.807, 2.05) is 0 Å². The van der Waals surface area contributed by atoms with Crippen molar-refractivity contribution >= 4 is 21.2 Å². The van der Waals surface area contributed by atoms with Crippen LogP contribution in [0.1, 0.15) is 33.3 Å². The molecule has 108 valence electrons. The summed E-state index contributed by atoms with van der Waals surface area (Å²) in [6.07, 6.45) is 0. The van der Waals surface area contributed by atoms with Crippen LogP contribution in [0.3, 0.4) is 0 Å². The van der Waals surface area contributed by atoms with Gasteiger partial charge in [-0.3, -0.25) is 0 Å². The maximum Gasteiger partial charge on any atom is -0.00201 e. The van der Waals surface area contributed by atoms with Crippen molar-refractivity contribution in [3.05, 3.63) is 51.7 Å². The summed E-state index contributed by atoms with van der Waals surface area (Å²) in [4.78, 5) is 0. The van der Waals surface area contributed by atoms with Crippen LogP contribution in [0.25, 0.3) is 0 Å². The predicted molar refractivity (Wildman–Crippen MR) is 95.5 cm³/mol. The molecule has 0 saturated heterocycles. The second kappa shape index (κ2) is 5.62. The second-order valence-electron chi connectivity index (χ2n) is 6.55. The zero-order valence-corrected chi connectivity index (χ0v) is 15.7. The van der Waals surface area contributed by atoms with E-state index in [1.54, 1.807) is 30.0 Å². The van der Waals surface area contributed by atoms with E-state index in [9.17, 15) is 0 Å². The molecule has 0 amide bonds. The number of allylic oxidation sites excluding steroid dienone is 4. The summed E-state index contributed by atoms with van der Waals surface area (Å²) in [6.45, 7) is 16.6. The van der Waals surface area contributed by atoms with Crippen molar-refractivity contribution in [2.75, 3.05) is 0 Å². The average Bonchev–Trinajstić information content (AvgIpc) is 2.57. The molecular formula is C18H26PSi-. The Kier molecular flexibility index (Phi) is 4.42. The molecule has 1 aromatic rings. The molecule has 0 N–H and O–H groups in total. The zero-order valence-electron chi connectivity index (χ0n) is 13.8. The SMILES string of the molecule is CC1=C(C)C(C)C(C)=C1[Si](C)(C)[P-]c1ccccc1C. The Balaban J connectivity index is 2.39. The molecule has 0 spiro atoms. The highest BCUT2D eigenvalue weighted by Gasteiger charge is 2.28. The van der Waals surface area contributed by atoms with E-state index < -0.39 is 7.74 Å². The molecule has 0 nitrogen and oxygen atoms in total. The molecule has 1 aliphatic carbocycles. The van der Waals surface area contributed by atoms with Crippen LogP contribution in [-0.4, -0.2) is 7.74 Å². The van der Waals surface area contributed by atoms with Gasteiger partial charge in [-0.2, -0.15) is 0 Å². The number of hydrogen-bond donors (Lipinski definition) is 0. The van der Waals surface area contributed by atoms with Crippen molar-refractivity contribution in [1.82, 2.24) is 0 Å². The van der Waals surface area contributed by atoms with Gasteiger partial charge >= 0.3 is 0 Å². The normalized spacial score (nSPS) is 20.6. The minimum atomic E-state index is -1.46. The monoisotopic (exact) mass is 301 g/mol. The first kappa shape index (κ1) is 15.7. The minimum Gasteiger partial charge on any atom is -0.502 e. The van der Waals surface area contributed by atoms with Crippen molar-refractivity contribution in [3.8, 4) is 0 Å². The third kappa shape index (κ3) is 2.71. The van der Waals surface area contributed by atoms with Gasteiger partial charge in [0, 0.05) is 0 Å². The standard InChI is InChI=1S/C18H26PSi/c1-12-10-8-9-11-17(12)19-20(6,7)18-15(4)13(2)14(3)16(18)5/h8-11,13H,1-7H3/q-1. The lowest BCUT2D eigenvalue weighted by Crippen LogP contribution is -2.28. The van der Waals surface area contributed by atoms with Crippen LogP contribution in [0.2, 0.25) is 13.1 Å². The van der Waals surface area contributed by atoms with E-state index in [0.29, 0.717) is 5.92 Å². The Bertz CT molecular complexity index is 593. The Morgan fingerprint density at radius 3 is 2.05 bits per heavy atom. The number of benzene rings is 1. The summed E-state index contributed by atoms with van der Waals surface area (Å²) in [6, 6.07) is 8.84. The first-order valence-corrected chi connectivity index (χ1v) is 12.2. The van der Waals surface area contributed by atoms with Crippen molar-refractivity contribution < 1.29 is 0 Å². The number of aryl methyl sites for hydroxylation is 1. The zero-order chi connectivity index (χ0) is 15.1. The van der Waals surface area contributed by atoms with Crippen LogP contribution in [0.5, 0.6) is 0 Å². The minimum absolute atomic E-state index is 0.642. The fourth-order valence-corrected chi connectivity index (χ4v) is 10.7. The third-order valence-corrected chi connectivity index (χ3v) is 11.2. The third-order valence-electron chi connectivity index (χ3n) is 4.79. The lowest BCUT2D eigenvalue weighted by Gasteiger charge is -2.42. The summed E-state index contributed by atoms with van der Waals surface area (Å²) < 4.78 is 0. The van der Waals surface area contributed by atoms with Crippen LogP contribution in [0, 0.1) is 12.8 Å². The predicted octanol–water partition coefficient (Wildman–Crippen LogP) is 5.61. The summed E-state index contributed by atoms with van der Waals surface area (Å²) in [7, 11) is 0.0869. The molecule has 0 heterocycles. The van der Waals surface area contributed by atoms with Gasteiger partial charge in [0.15, 0.2) is 0 Å². The van der Waals surface area contributed by atoms with Crippen molar-refractivity contribution in [2.45, 2.75) is 47.7 Å². The summed E-state index contributed by atoms with van der Waals surface area (Å²) in [5, 5.41) is 3.22. The molecule has 20 heavy (non-hydrogen) atoms.